The van der Waals surface area contributed by atoms with Gasteiger partial charge in [-0.15, -0.1) is 0 Å². The van der Waals surface area contributed by atoms with Gasteiger partial charge in [0.2, 0.25) is 0 Å². The zero-order valence-corrected chi connectivity index (χ0v) is 4.65. The topological polar surface area (TPSA) is 0 Å². The summed E-state index contributed by atoms with van der Waals surface area (Å²) in [4.78, 5) is 0. The van der Waals surface area contributed by atoms with Crippen molar-refractivity contribution in [2.24, 2.45) is 0 Å². The largest absolute Gasteiger partial charge is 0.316 e. The minimum absolute atomic E-state index is 0. The Kier molecular flexibility index (Phi) is 4.29. The summed E-state index contributed by atoms with van der Waals surface area (Å²) in [5, 5.41) is 0. The first-order valence-electron chi connectivity index (χ1n) is 2.78. The molecule has 0 aliphatic heterocycles. The van der Waals surface area contributed by atoms with Crippen molar-refractivity contribution in [1.29, 1.82) is 0 Å². The minimum atomic E-state index is 0. The zero-order chi connectivity index (χ0) is 5.11. The van der Waals surface area contributed by atoms with Crippen molar-refractivity contribution < 1.29 is 0 Å². The molecule has 0 atom stereocenters. The fraction of sp³-hybridized carbons (Fsp3) is 0.429. The van der Waals surface area contributed by atoms with Gasteiger partial charge in [-0.1, -0.05) is 30.7 Å². The Hall–Kier alpha value is 0.246. The van der Waals surface area contributed by atoms with Crippen molar-refractivity contribution >= 4 is 23.1 Å². The predicted molar refractivity (Wildman–Crippen MR) is 40.7 cm³/mol. The molecule has 0 bridgehead atoms. The summed E-state index contributed by atoms with van der Waals surface area (Å²) >= 11 is 0. The van der Waals surface area contributed by atoms with Gasteiger partial charge in [-0.25, -0.2) is 0 Å². The van der Waals surface area contributed by atoms with Gasteiger partial charge < -0.3 is 0 Å². The van der Waals surface area contributed by atoms with Crippen molar-refractivity contribution in [2.75, 3.05) is 0 Å². The van der Waals surface area contributed by atoms with E-state index in [-0.39, 0.29) is 23.1 Å². The average molecular weight is 120 g/mol. The van der Waals surface area contributed by atoms with Crippen LogP contribution in [0.3, 0.4) is 0 Å². The minimum Gasteiger partial charge on any atom is -0.0805 e. The van der Waals surface area contributed by atoms with Gasteiger partial charge in [0.05, 0.1) is 0 Å². The van der Waals surface area contributed by atoms with Crippen LogP contribution < -0.4 is 0 Å². The molecule has 0 aromatic heterocycles. The van der Waals surface area contributed by atoms with E-state index in [1.54, 1.807) is 5.57 Å². The molecule has 0 spiro atoms. The van der Waals surface area contributed by atoms with Crippen molar-refractivity contribution in [3.8, 4) is 0 Å². The van der Waals surface area contributed by atoms with Crippen LogP contribution in [0.25, 0.3) is 0 Å². The molecule has 1 rings (SSSR count). The van der Waals surface area contributed by atoms with Crippen LogP contribution in [0.5, 0.6) is 0 Å². The molecule has 0 aromatic rings. The third-order valence-electron chi connectivity index (χ3n) is 1.30. The first-order chi connectivity index (χ1) is 3.43. The first kappa shape index (κ1) is 8.25. The second-order valence-electron chi connectivity index (χ2n) is 1.81. The molecule has 0 nitrogen and oxygen atoms in total. The van der Waals surface area contributed by atoms with Crippen LogP contribution in [0.15, 0.2) is 23.8 Å². The van der Waals surface area contributed by atoms with Gasteiger partial charge in [-0.2, -0.15) is 0 Å². The Morgan fingerprint density at radius 3 is 2.62 bits per heavy atom. The van der Waals surface area contributed by atoms with Crippen LogP contribution in [0, 0.1) is 0 Å². The molecule has 0 saturated heterocycles. The molecule has 8 heavy (non-hydrogen) atoms. The maximum absolute atomic E-state index is 2.19. The fourth-order valence-electron chi connectivity index (χ4n) is 0.754. The van der Waals surface area contributed by atoms with Crippen molar-refractivity contribution in [1.82, 2.24) is 0 Å². The zero-order valence-electron chi connectivity index (χ0n) is 4.65. The van der Waals surface area contributed by atoms with Gasteiger partial charge in [-0.3, -0.25) is 0 Å². The van der Waals surface area contributed by atoms with Gasteiger partial charge in [0, 0.05) is 0 Å². The molecular weight excluding hydrogens is 108 g/mol. The summed E-state index contributed by atoms with van der Waals surface area (Å²) in [6.07, 6.45) is 8.92. The van der Waals surface area contributed by atoms with E-state index in [0.717, 1.165) is 0 Å². The normalized spacial score (nSPS) is 15.4. The van der Waals surface area contributed by atoms with Gasteiger partial charge in [0.1, 0.15) is 0 Å². The second-order valence-corrected chi connectivity index (χ2v) is 1.81. The van der Waals surface area contributed by atoms with Crippen LogP contribution >= 0.6 is 0 Å². The quantitative estimate of drug-likeness (QED) is 0.459. The van der Waals surface area contributed by atoms with E-state index in [1.807, 2.05) is 0 Å². The first-order valence-corrected chi connectivity index (χ1v) is 2.78. The van der Waals surface area contributed by atoms with Crippen LogP contribution in [0.4, 0.5) is 0 Å². The van der Waals surface area contributed by atoms with E-state index in [9.17, 15) is 0 Å². The number of hydrogen-bond donors (Lipinski definition) is 0. The lowest BCUT2D eigenvalue weighted by Gasteiger charge is -1.88. The molecule has 0 saturated carbocycles. The maximum Gasteiger partial charge on any atom is 0.316 e. The molecule has 0 unspecified atom stereocenters. The highest BCUT2D eigenvalue weighted by Gasteiger charge is 1.91. The maximum atomic E-state index is 2.19. The lowest BCUT2D eigenvalue weighted by Crippen LogP contribution is -1.68. The average Bonchev–Trinajstić information content (AvgIpc) is 2.14. The fourth-order valence-corrected chi connectivity index (χ4v) is 0.754. The predicted octanol–water partition coefficient (Wildman–Crippen LogP) is 1.37. The van der Waals surface area contributed by atoms with Crippen molar-refractivity contribution in [3.63, 3.8) is 0 Å². The summed E-state index contributed by atoms with van der Waals surface area (Å²) < 4.78 is 0. The third-order valence-corrected chi connectivity index (χ3v) is 1.30. The molecule has 1 heteroatoms. The molecule has 0 radical (unpaired) electrons. The van der Waals surface area contributed by atoms with Gasteiger partial charge in [-0.05, 0) is 12.8 Å². The summed E-state index contributed by atoms with van der Waals surface area (Å²) in [6, 6.07) is 0. The lowest BCUT2D eigenvalue weighted by atomic mass is 10.2. The van der Waals surface area contributed by atoms with Crippen LogP contribution in [-0.2, 0) is 0 Å². The highest BCUT2D eigenvalue weighted by Crippen LogP contribution is 2.12. The number of hydrogen-bond acceptors (Lipinski definition) is 0. The van der Waals surface area contributed by atoms with Crippen LogP contribution in [0.2, 0.25) is 0 Å². The SMILES string of the molecule is CCC1=CC=CC1.[MgH2]. The Morgan fingerprint density at radius 2 is 2.38 bits per heavy atom. The van der Waals surface area contributed by atoms with Crippen LogP contribution in [0.1, 0.15) is 19.8 Å². The molecule has 0 heterocycles. The van der Waals surface area contributed by atoms with E-state index >= 15 is 0 Å². The third kappa shape index (κ3) is 2.01. The van der Waals surface area contributed by atoms with Gasteiger partial charge in [0.25, 0.3) is 0 Å². The highest BCUT2D eigenvalue weighted by molar-refractivity contribution is 5.75. The van der Waals surface area contributed by atoms with Crippen molar-refractivity contribution in [2.45, 2.75) is 19.8 Å². The van der Waals surface area contributed by atoms with Gasteiger partial charge >= 0.3 is 23.1 Å². The van der Waals surface area contributed by atoms with Crippen LogP contribution in [-0.4, -0.2) is 23.1 Å². The second kappa shape index (κ2) is 4.16. The standard InChI is InChI=1S/C7H10.Mg.2H/c1-2-7-5-3-4-6-7;;;/h3-5H,2,6H2,1H3;;;. The summed E-state index contributed by atoms with van der Waals surface area (Å²) in [7, 11) is 0. The van der Waals surface area contributed by atoms with E-state index < -0.39 is 0 Å². The van der Waals surface area contributed by atoms with E-state index in [4.69, 9.17) is 0 Å². The molecule has 42 valence electrons. The smallest absolute Gasteiger partial charge is 0.0805 e. The van der Waals surface area contributed by atoms with Crippen molar-refractivity contribution in [3.05, 3.63) is 23.8 Å². The molecule has 1 aliphatic carbocycles. The van der Waals surface area contributed by atoms with E-state index in [0.29, 0.717) is 0 Å². The number of rotatable bonds is 1. The molecule has 1 aliphatic rings. The molecule has 0 aromatic carbocycles. The summed E-state index contributed by atoms with van der Waals surface area (Å²) in [6.45, 7) is 2.19. The monoisotopic (exact) mass is 120 g/mol. The Morgan fingerprint density at radius 1 is 1.62 bits per heavy atom. The molecule has 0 fully saturated rings. The van der Waals surface area contributed by atoms with Gasteiger partial charge in [0.15, 0.2) is 0 Å². The summed E-state index contributed by atoms with van der Waals surface area (Å²) in [5.74, 6) is 0. The van der Waals surface area contributed by atoms with E-state index in [1.165, 1.54) is 12.8 Å². The Bertz CT molecular complexity index is 112. The summed E-state index contributed by atoms with van der Waals surface area (Å²) in [5.41, 5.74) is 1.56. The highest BCUT2D eigenvalue weighted by atomic mass is 24.3. The Labute approximate surface area is 66.8 Å². The number of allylic oxidation sites excluding steroid dienone is 4. The lowest BCUT2D eigenvalue weighted by molar-refractivity contribution is 1.05. The molecular formula is C7H12Mg. The Balaban J connectivity index is 0.000000490. The molecule has 0 N–H and O–H groups in total. The molecule has 0 amide bonds. The van der Waals surface area contributed by atoms with E-state index in [2.05, 4.69) is 25.2 Å².